The van der Waals surface area contributed by atoms with Gasteiger partial charge in [0.2, 0.25) is 0 Å². The summed E-state index contributed by atoms with van der Waals surface area (Å²) >= 11 is 6.37. The van der Waals surface area contributed by atoms with Gasteiger partial charge in [0.15, 0.2) is 0 Å². The van der Waals surface area contributed by atoms with E-state index in [1.54, 1.807) is 33.8 Å². The van der Waals surface area contributed by atoms with Gasteiger partial charge in [0.25, 0.3) is 5.91 Å². The van der Waals surface area contributed by atoms with Crippen molar-refractivity contribution in [3.8, 4) is 0 Å². The number of fused-ring (bicyclic) bond motifs is 1. The molecule has 0 spiro atoms. The normalized spacial score (nSPS) is 16.9. The SMILES string of the molecule is CC1CN(c2cc(N[C@@H](C)CO)ncc2Cl)C(=O)c2cnn(Cc3ccccc3F)c21. The third-order valence-corrected chi connectivity index (χ3v) is 5.64. The number of benzene rings is 1. The molecule has 2 aromatic heterocycles. The summed E-state index contributed by atoms with van der Waals surface area (Å²) in [6.07, 6.45) is 3.02. The summed E-state index contributed by atoms with van der Waals surface area (Å²) in [7, 11) is 0. The molecule has 0 saturated carbocycles. The van der Waals surface area contributed by atoms with Gasteiger partial charge in [-0.15, -0.1) is 0 Å². The van der Waals surface area contributed by atoms with Gasteiger partial charge in [-0.2, -0.15) is 5.10 Å². The van der Waals surface area contributed by atoms with Gasteiger partial charge in [-0.05, 0) is 13.0 Å². The third kappa shape index (κ3) is 4.13. The molecule has 0 aliphatic carbocycles. The molecular weight excluding hydrogens is 421 g/mol. The highest BCUT2D eigenvalue weighted by atomic mass is 35.5. The van der Waals surface area contributed by atoms with Crippen LogP contribution >= 0.6 is 11.6 Å². The minimum atomic E-state index is -0.302. The number of hydrogen-bond donors (Lipinski definition) is 2. The molecular formula is C22H23ClFN5O2. The van der Waals surface area contributed by atoms with Crippen molar-refractivity contribution < 1.29 is 14.3 Å². The maximum absolute atomic E-state index is 14.1. The number of pyridine rings is 1. The van der Waals surface area contributed by atoms with Crippen LogP contribution in [-0.2, 0) is 6.54 Å². The lowest BCUT2D eigenvalue weighted by atomic mass is 9.96. The number of aliphatic hydroxyl groups excluding tert-OH is 1. The molecule has 4 rings (SSSR count). The third-order valence-electron chi connectivity index (χ3n) is 5.35. The fourth-order valence-corrected chi connectivity index (χ4v) is 4.01. The van der Waals surface area contributed by atoms with E-state index in [2.05, 4.69) is 15.4 Å². The number of anilines is 2. The van der Waals surface area contributed by atoms with Gasteiger partial charge >= 0.3 is 0 Å². The zero-order valence-electron chi connectivity index (χ0n) is 17.2. The van der Waals surface area contributed by atoms with Crippen LogP contribution in [0.5, 0.6) is 0 Å². The predicted molar refractivity (Wildman–Crippen MR) is 117 cm³/mol. The molecule has 31 heavy (non-hydrogen) atoms. The Morgan fingerprint density at radius 3 is 2.87 bits per heavy atom. The average Bonchev–Trinajstić information content (AvgIpc) is 3.18. The van der Waals surface area contributed by atoms with Crippen LogP contribution in [0.25, 0.3) is 0 Å². The van der Waals surface area contributed by atoms with E-state index in [1.807, 2.05) is 13.8 Å². The van der Waals surface area contributed by atoms with Crippen LogP contribution in [0.15, 0.2) is 42.7 Å². The van der Waals surface area contributed by atoms with Crippen molar-refractivity contribution in [3.05, 3.63) is 70.4 Å². The van der Waals surface area contributed by atoms with Crippen LogP contribution in [0.1, 0.15) is 41.4 Å². The van der Waals surface area contributed by atoms with Crippen LogP contribution in [0.2, 0.25) is 5.02 Å². The van der Waals surface area contributed by atoms with Gasteiger partial charge in [0.1, 0.15) is 11.6 Å². The number of amides is 1. The summed E-state index contributed by atoms with van der Waals surface area (Å²) in [6, 6.07) is 8.05. The van der Waals surface area contributed by atoms with E-state index in [9.17, 15) is 14.3 Å². The first-order valence-electron chi connectivity index (χ1n) is 10.0. The lowest BCUT2D eigenvalue weighted by Crippen LogP contribution is -2.40. The summed E-state index contributed by atoms with van der Waals surface area (Å²) in [5, 5.41) is 17.1. The first-order valence-corrected chi connectivity index (χ1v) is 10.4. The zero-order valence-corrected chi connectivity index (χ0v) is 18.0. The van der Waals surface area contributed by atoms with E-state index in [1.165, 1.54) is 18.5 Å². The number of hydrogen-bond acceptors (Lipinski definition) is 5. The highest BCUT2D eigenvalue weighted by molar-refractivity contribution is 6.34. The number of aliphatic hydroxyl groups is 1. The molecule has 0 radical (unpaired) electrons. The van der Waals surface area contributed by atoms with E-state index >= 15 is 0 Å². The minimum absolute atomic E-state index is 0.0426. The van der Waals surface area contributed by atoms with Gasteiger partial charge < -0.3 is 15.3 Å². The van der Waals surface area contributed by atoms with E-state index in [4.69, 9.17) is 11.6 Å². The Hall–Kier alpha value is -2.97. The summed E-state index contributed by atoms with van der Waals surface area (Å²) in [4.78, 5) is 19.1. The van der Waals surface area contributed by atoms with Gasteiger partial charge in [-0.1, -0.05) is 36.7 Å². The Kier molecular flexibility index (Phi) is 5.93. The molecule has 1 aromatic carbocycles. The van der Waals surface area contributed by atoms with E-state index in [0.29, 0.717) is 34.2 Å². The lowest BCUT2D eigenvalue weighted by molar-refractivity contribution is 0.0976. The fourth-order valence-electron chi connectivity index (χ4n) is 3.80. The summed E-state index contributed by atoms with van der Waals surface area (Å²) in [6.45, 7) is 4.42. The second-order valence-corrected chi connectivity index (χ2v) is 8.17. The topological polar surface area (TPSA) is 83.3 Å². The molecule has 9 heteroatoms. The number of nitrogens with zero attached hydrogens (tertiary/aromatic N) is 4. The van der Waals surface area contributed by atoms with E-state index < -0.39 is 0 Å². The van der Waals surface area contributed by atoms with Crippen molar-refractivity contribution in [1.29, 1.82) is 0 Å². The molecule has 1 unspecified atom stereocenters. The highest BCUT2D eigenvalue weighted by Gasteiger charge is 2.34. The summed E-state index contributed by atoms with van der Waals surface area (Å²) < 4.78 is 15.8. The van der Waals surface area contributed by atoms with Crippen molar-refractivity contribution in [1.82, 2.24) is 14.8 Å². The first-order chi connectivity index (χ1) is 14.9. The Balaban J connectivity index is 1.65. The number of nitrogens with one attached hydrogen (secondary N) is 1. The van der Waals surface area contributed by atoms with Crippen LogP contribution in [0.4, 0.5) is 15.9 Å². The summed E-state index contributed by atoms with van der Waals surface area (Å²) in [5.74, 6) is -0.0487. The molecule has 1 amide bonds. The van der Waals surface area contributed by atoms with E-state index in [0.717, 1.165) is 5.69 Å². The standard InChI is InChI=1S/C22H23ClFN5O2/c1-13-10-28(19-7-20(25-9-17(19)23)27-14(2)12-30)22(31)16-8-26-29(21(13)16)11-15-5-3-4-6-18(15)24/h3-9,13-14,30H,10-12H2,1-2H3,(H,25,27)/t13?,14-/m0/s1. The predicted octanol–water partition coefficient (Wildman–Crippen LogP) is 3.68. The average molecular weight is 444 g/mol. The Bertz CT molecular complexity index is 1120. The molecule has 2 atom stereocenters. The molecule has 162 valence electrons. The van der Waals surface area contributed by atoms with Crippen molar-refractivity contribution in [2.24, 2.45) is 0 Å². The largest absolute Gasteiger partial charge is 0.394 e. The molecule has 0 saturated heterocycles. The van der Waals surface area contributed by atoms with Gasteiger partial charge in [0.05, 0.1) is 47.5 Å². The second-order valence-electron chi connectivity index (χ2n) is 7.76. The molecule has 1 aliphatic heterocycles. The molecule has 7 nitrogen and oxygen atoms in total. The monoisotopic (exact) mass is 443 g/mol. The van der Waals surface area contributed by atoms with Crippen LogP contribution in [0, 0.1) is 5.82 Å². The fraction of sp³-hybridized carbons (Fsp3) is 0.318. The molecule has 2 N–H and O–H groups in total. The maximum Gasteiger partial charge on any atom is 0.261 e. The Morgan fingerprint density at radius 1 is 1.35 bits per heavy atom. The van der Waals surface area contributed by atoms with Crippen molar-refractivity contribution in [3.63, 3.8) is 0 Å². The Labute approximate surface area is 184 Å². The second kappa shape index (κ2) is 8.64. The minimum Gasteiger partial charge on any atom is -0.394 e. The van der Waals surface area contributed by atoms with Crippen LogP contribution in [0.3, 0.4) is 0 Å². The van der Waals surface area contributed by atoms with Crippen LogP contribution < -0.4 is 10.2 Å². The zero-order chi connectivity index (χ0) is 22.1. The van der Waals surface area contributed by atoms with Crippen LogP contribution in [-0.4, -0.2) is 45.0 Å². The molecule has 1 aliphatic rings. The molecule has 3 aromatic rings. The number of carbonyl (C=O) groups excluding carboxylic acids is 1. The van der Waals surface area contributed by atoms with Crippen molar-refractivity contribution in [2.45, 2.75) is 32.4 Å². The first kappa shape index (κ1) is 21.3. The van der Waals surface area contributed by atoms with E-state index in [-0.39, 0.29) is 36.8 Å². The van der Waals surface area contributed by atoms with Gasteiger partial charge in [-0.3, -0.25) is 9.48 Å². The van der Waals surface area contributed by atoms with Gasteiger partial charge in [0, 0.05) is 30.1 Å². The smallest absolute Gasteiger partial charge is 0.261 e. The number of rotatable bonds is 6. The molecule has 0 bridgehead atoms. The van der Waals surface area contributed by atoms with Gasteiger partial charge in [-0.25, -0.2) is 9.37 Å². The number of halogens is 2. The Morgan fingerprint density at radius 2 is 2.13 bits per heavy atom. The summed E-state index contributed by atoms with van der Waals surface area (Å²) in [5.41, 5.74) is 2.30. The highest BCUT2D eigenvalue weighted by Crippen LogP contribution is 2.35. The molecule has 3 heterocycles. The van der Waals surface area contributed by atoms with Crippen molar-refractivity contribution in [2.75, 3.05) is 23.4 Å². The number of aromatic nitrogens is 3. The molecule has 0 fully saturated rings. The lowest BCUT2D eigenvalue weighted by Gasteiger charge is -2.32. The quantitative estimate of drug-likeness (QED) is 0.607. The maximum atomic E-state index is 14.1. The number of carbonyl (C=O) groups is 1. The van der Waals surface area contributed by atoms with Crippen molar-refractivity contribution >= 4 is 29.0 Å².